The number of piperidine rings is 2. The van der Waals surface area contributed by atoms with Gasteiger partial charge < -0.3 is 14.5 Å². The van der Waals surface area contributed by atoms with E-state index in [1.54, 1.807) is 6.92 Å². The fourth-order valence-corrected chi connectivity index (χ4v) is 4.70. The zero-order valence-electron chi connectivity index (χ0n) is 19.2. The minimum atomic E-state index is -0.548. The van der Waals surface area contributed by atoms with Gasteiger partial charge in [-0.3, -0.25) is 9.59 Å². The summed E-state index contributed by atoms with van der Waals surface area (Å²) < 4.78 is 5.93. The van der Waals surface area contributed by atoms with Crippen molar-refractivity contribution in [2.24, 2.45) is 11.8 Å². The lowest BCUT2D eigenvalue weighted by Gasteiger charge is -2.37. The Morgan fingerprint density at radius 1 is 0.812 bits per heavy atom. The second-order valence-corrected chi connectivity index (χ2v) is 9.26. The lowest BCUT2D eigenvalue weighted by atomic mass is 9.92. The van der Waals surface area contributed by atoms with Crippen LogP contribution < -0.4 is 4.74 Å². The summed E-state index contributed by atoms with van der Waals surface area (Å²) in [5.74, 6) is 1.74. The second kappa shape index (κ2) is 10.2. The Hall–Kier alpha value is -2.82. The summed E-state index contributed by atoms with van der Waals surface area (Å²) in [4.78, 5) is 29.6. The van der Waals surface area contributed by atoms with Crippen molar-refractivity contribution in [2.45, 2.75) is 45.6 Å². The molecule has 0 spiro atoms. The number of likely N-dealkylation sites (tertiary alicyclic amines) is 2. The Morgan fingerprint density at radius 3 is 2.00 bits per heavy atom. The summed E-state index contributed by atoms with van der Waals surface area (Å²) in [5, 5.41) is 0. The molecule has 170 valence electrons. The Balaban J connectivity index is 1.26. The van der Waals surface area contributed by atoms with Crippen LogP contribution in [0.5, 0.6) is 5.75 Å². The van der Waals surface area contributed by atoms with Crippen molar-refractivity contribution < 1.29 is 14.3 Å². The predicted octanol–water partition coefficient (Wildman–Crippen LogP) is 4.62. The van der Waals surface area contributed by atoms with Crippen LogP contribution in [0.4, 0.5) is 0 Å². The van der Waals surface area contributed by atoms with Gasteiger partial charge in [0.2, 0.25) is 5.91 Å². The van der Waals surface area contributed by atoms with Crippen LogP contribution in [0.1, 0.15) is 39.5 Å². The fourth-order valence-electron chi connectivity index (χ4n) is 4.70. The molecule has 2 amide bonds. The minimum Gasteiger partial charge on any atom is -0.481 e. The van der Waals surface area contributed by atoms with Gasteiger partial charge in [0.15, 0.2) is 6.10 Å². The van der Waals surface area contributed by atoms with Crippen LogP contribution in [-0.4, -0.2) is 53.9 Å². The molecule has 2 aromatic carbocycles. The van der Waals surface area contributed by atoms with E-state index in [0.29, 0.717) is 18.8 Å². The van der Waals surface area contributed by atoms with Crippen molar-refractivity contribution in [2.75, 3.05) is 26.2 Å². The molecule has 0 aliphatic carbocycles. The quantitative estimate of drug-likeness (QED) is 0.690. The number of hydrogen-bond acceptors (Lipinski definition) is 3. The first kappa shape index (κ1) is 22.4. The molecule has 1 unspecified atom stereocenters. The summed E-state index contributed by atoms with van der Waals surface area (Å²) >= 11 is 0. The number of benzene rings is 2. The van der Waals surface area contributed by atoms with E-state index in [1.165, 1.54) is 0 Å². The standard InChI is InChI=1S/C27H34N2O3/c1-20-12-16-29(17-13-20)27(31)24-14-18-28(19-15-24)26(30)21(2)32-25-10-8-23(9-11-25)22-6-4-3-5-7-22/h3-11,20-21,24H,12-19H2,1-2H3. The van der Waals surface area contributed by atoms with E-state index < -0.39 is 6.10 Å². The van der Waals surface area contributed by atoms with Gasteiger partial charge in [0.1, 0.15) is 5.75 Å². The predicted molar refractivity (Wildman–Crippen MR) is 126 cm³/mol. The van der Waals surface area contributed by atoms with Crippen LogP contribution in [0.3, 0.4) is 0 Å². The van der Waals surface area contributed by atoms with E-state index in [2.05, 4.69) is 19.1 Å². The number of carbonyl (C=O) groups is 2. The first-order valence-corrected chi connectivity index (χ1v) is 11.9. The summed E-state index contributed by atoms with van der Waals surface area (Å²) in [7, 11) is 0. The molecular formula is C27H34N2O3. The molecule has 32 heavy (non-hydrogen) atoms. The largest absolute Gasteiger partial charge is 0.481 e. The van der Waals surface area contributed by atoms with Gasteiger partial charge in [-0.2, -0.15) is 0 Å². The molecule has 2 aliphatic heterocycles. The number of amides is 2. The molecule has 0 bridgehead atoms. The number of rotatable bonds is 5. The lowest BCUT2D eigenvalue weighted by Crippen LogP contribution is -2.48. The Labute approximate surface area is 191 Å². The molecule has 4 rings (SSSR count). The van der Waals surface area contributed by atoms with Gasteiger partial charge in [-0.05, 0) is 61.8 Å². The Kier molecular flexibility index (Phi) is 7.13. The van der Waals surface area contributed by atoms with Gasteiger partial charge in [0.25, 0.3) is 5.91 Å². The average molecular weight is 435 g/mol. The van der Waals surface area contributed by atoms with Gasteiger partial charge in [0.05, 0.1) is 0 Å². The first-order chi connectivity index (χ1) is 15.5. The maximum Gasteiger partial charge on any atom is 0.263 e. The zero-order valence-corrected chi connectivity index (χ0v) is 19.2. The van der Waals surface area contributed by atoms with E-state index in [4.69, 9.17) is 4.74 Å². The molecule has 2 aromatic rings. The molecule has 2 heterocycles. The number of ether oxygens (including phenoxy) is 1. The summed E-state index contributed by atoms with van der Waals surface area (Å²) in [6, 6.07) is 18.0. The van der Waals surface area contributed by atoms with Gasteiger partial charge >= 0.3 is 0 Å². The van der Waals surface area contributed by atoms with Crippen LogP contribution in [0.2, 0.25) is 0 Å². The van der Waals surface area contributed by atoms with Crippen molar-refractivity contribution in [3.63, 3.8) is 0 Å². The van der Waals surface area contributed by atoms with E-state index in [9.17, 15) is 9.59 Å². The molecular weight excluding hydrogens is 400 g/mol. The molecule has 1 atom stereocenters. The molecule has 0 N–H and O–H groups in total. The monoisotopic (exact) mass is 434 g/mol. The average Bonchev–Trinajstić information content (AvgIpc) is 2.85. The van der Waals surface area contributed by atoms with E-state index >= 15 is 0 Å². The topological polar surface area (TPSA) is 49.9 Å². The highest BCUT2D eigenvalue weighted by atomic mass is 16.5. The third-order valence-electron chi connectivity index (χ3n) is 6.87. The highest BCUT2D eigenvalue weighted by molar-refractivity contribution is 5.82. The maximum absolute atomic E-state index is 12.9. The summed E-state index contributed by atoms with van der Waals surface area (Å²) in [5.41, 5.74) is 2.27. The number of nitrogens with zero attached hydrogens (tertiary/aromatic N) is 2. The van der Waals surface area contributed by atoms with Gasteiger partial charge in [0, 0.05) is 32.1 Å². The minimum absolute atomic E-state index is 0.00479. The smallest absolute Gasteiger partial charge is 0.263 e. The number of hydrogen-bond donors (Lipinski definition) is 0. The van der Waals surface area contributed by atoms with Gasteiger partial charge in [-0.15, -0.1) is 0 Å². The number of carbonyl (C=O) groups excluding carboxylic acids is 2. The van der Waals surface area contributed by atoms with Crippen molar-refractivity contribution in [3.05, 3.63) is 54.6 Å². The summed E-state index contributed by atoms with van der Waals surface area (Å²) in [6.45, 7) is 7.08. The van der Waals surface area contributed by atoms with E-state index in [0.717, 1.165) is 55.8 Å². The third kappa shape index (κ3) is 5.32. The van der Waals surface area contributed by atoms with Crippen LogP contribution in [0.25, 0.3) is 11.1 Å². The molecule has 5 heteroatoms. The van der Waals surface area contributed by atoms with Crippen molar-refractivity contribution in [1.29, 1.82) is 0 Å². The Bertz CT molecular complexity index is 896. The molecule has 2 fully saturated rings. The van der Waals surface area contributed by atoms with E-state index in [1.807, 2.05) is 52.3 Å². The van der Waals surface area contributed by atoms with Crippen molar-refractivity contribution >= 4 is 11.8 Å². The van der Waals surface area contributed by atoms with E-state index in [-0.39, 0.29) is 17.7 Å². The molecule has 0 saturated carbocycles. The molecule has 0 radical (unpaired) electrons. The lowest BCUT2D eigenvalue weighted by molar-refractivity contribution is -0.144. The second-order valence-electron chi connectivity index (χ2n) is 9.26. The Morgan fingerprint density at radius 2 is 1.38 bits per heavy atom. The molecule has 2 saturated heterocycles. The fraction of sp³-hybridized carbons (Fsp3) is 0.481. The molecule has 5 nitrogen and oxygen atoms in total. The summed E-state index contributed by atoms with van der Waals surface area (Å²) in [6.07, 6.45) is 3.15. The zero-order chi connectivity index (χ0) is 22.5. The van der Waals surface area contributed by atoms with Crippen molar-refractivity contribution in [1.82, 2.24) is 9.80 Å². The molecule has 0 aromatic heterocycles. The molecule has 2 aliphatic rings. The van der Waals surface area contributed by atoms with Crippen LogP contribution in [0, 0.1) is 11.8 Å². The third-order valence-corrected chi connectivity index (χ3v) is 6.87. The highest BCUT2D eigenvalue weighted by Crippen LogP contribution is 2.25. The normalized spacial score (nSPS) is 18.9. The maximum atomic E-state index is 12.9. The SMILES string of the molecule is CC1CCN(C(=O)C2CCN(C(=O)C(C)Oc3ccc(-c4ccccc4)cc3)CC2)CC1. The van der Waals surface area contributed by atoms with Crippen LogP contribution >= 0.6 is 0 Å². The van der Waals surface area contributed by atoms with Crippen LogP contribution in [0.15, 0.2) is 54.6 Å². The van der Waals surface area contributed by atoms with Gasteiger partial charge in [-0.1, -0.05) is 49.4 Å². The van der Waals surface area contributed by atoms with Crippen molar-refractivity contribution in [3.8, 4) is 16.9 Å². The van der Waals surface area contributed by atoms with Gasteiger partial charge in [-0.25, -0.2) is 0 Å². The highest BCUT2D eigenvalue weighted by Gasteiger charge is 2.33. The first-order valence-electron chi connectivity index (χ1n) is 11.9. The van der Waals surface area contributed by atoms with Crippen LogP contribution in [-0.2, 0) is 9.59 Å².